The first-order valence-electron chi connectivity index (χ1n) is 5.37. The molecule has 0 fully saturated rings. The molecule has 0 aliphatic rings. The van der Waals surface area contributed by atoms with Gasteiger partial charge in [-0.15, -0.1) is 0 Å². The molecule has 0 atom stereocenters. The van der Waals surface area contributed by atoms with Crippen molar-refractivity contribution in [1.29, 1.82) is 0 Å². The summed E-state index contributed by atoms with van der Waals surface area (Å²) >= 11 is 0. The summed E-state index contributed by atoms with van der Waals surface area (Å²) in [5.41, 5.74) is -0.00800. The Kier molecular flexibility index (Phi) is 4.56. The molecule has 6 nitrogen and oxygen atoms in total. The maximum absolute atomic E-state index is 11.8. The molecule has 17 heavy (non-hydrogen) atoms. The second-order valence-electron chi connectivity index (χ2n) is 3.67. The molecule has 0 aromatic carbocycles. The van der Waals surface area contributed by atoms with E-state index in [0.717, 1.165) is 19.0 Å². The van der Waals surface area contributed by atoms with Gasteiger partial charge < -0.3 is 10.0 Å². The highest BCUT2D eigenvalue weighted by molar-refractivity contribution is 5.92. The predicted octanol–water partition coefficient (Wildman–Crippen LogP) is 1.05. The van der Waals surface area contributed by atoms with Crippen LogP contribution in [0.3, 0.4) is 0 Å². The number of hydrogen-bond donors (Lipinski definition) is 1. The molecule has 1 rings (SSSR count). The van der Waals surface area contributed by atoms with Crippen molar-refractivity contribution in [3.05, 3.63) is 23.8 Å². The third-order valence-corrected chi connectivity index (χ3v) is 2.28. The summed E-state index contributed by atoms with van der Waals surface area (Å²) in [6.07, 6.45) is 4.20. The van der Waals surface area contributed by atoms with Crippen molar-refractivity contribution < 1.29 is 14.7 Å². The Hall–Kier alpha value is -1.98. The van der Waals surface area contributed by atoms with Gasteiger partial charge in [0.1, 0.15) is 5.69 Å². The van der Waals surface area contributed by atoms with Crippen molar-refractivity contribution >= 4 is 11.9 Å². The van der Waals surface area contributed by atoms with Crippen LogP contribution in [0.5, 0.6) is 0 Å². The smallest absolute Gasteiger partial charge is 0.356 e. The predicted molar refractivity (Wildman–Crippen MR) is 60.9 cm³/mol. The Balaban J connectivity index is 2.72. The zero-order chi connectivity index (χ0) is 12.8. The van der Waals surface area contributed by atoms with E-state index in [9.17, 15) is 9.59 Å². The molecule has 0 radical (unpaired) electrons. The number of carboxylic acids is 1. The van der Waals surface area contributed by atoms with Gasteiger partial charge in [0.25, 0.3) is 5.91 Å². The van der Waals surface area contributed by atoms with Crippen LogP contribution >= 0.6 is 0 Å². The fourth-order valence-electron chi connectivity index (χ4n) is 1.24. The van der Waals surface area contributed by atoms with Gasteiger partial charge >= 0.3 is 5.97 Å². The molecule has 0 unspecified atom stereocenters. The quantitative estimate of drug-likeness (QED) is 0.827. The van der Waals surface area contributed by atoms with E-state index in [0.29, 0.717) is 6.54 Å². The standard InChI is InChI=1S/C11H15N3O3/c1-3-4-5-14(2)10(15)8-6-13-9(7-12-8)11(16)17/h6-7H,3-5H2,1-2H3,(H,16,17). The highest BCUT2D eigenvalue weighted by Gasteiger charge is 2.14. The van der Waals surface area contributed by atoms with Crippen molar-refractivity contribution in [3.8, 4) is 0 Å². The van der Waals surface area contributed by atoms with Gasteiger partial charge in [0.15, 0.2) is 5.69 Å². The summed E-state index contributed by atoms with van der Waals surface area (Å²) in [5.74, 6) is -1.40. The minimum Gasteiger partial charge on any atom is -0.476 e. The van der Waals surface area contributed by atoms with Gasteiger partial charge in [-0.05, 0) is 6.42 Å². The van der Waals surface area contributed by atoms with Crippen molar-refractivity contribution in [2.45, 2.75) is 19.8 Å². The van der Waals surface area contributed by atoms with E-state index in [1.165, 1.54) is 6.20 Å². The van der Waals surface area contributed by atoms with Crippen LogP contribution in [-0.4, -0.2) is 45.4 Å². The van der Waals surface area contributed by atoms with Gasteiger partial charge in [-0.3, -0.25) is 4.79 Å². The van der Waals surface area contributed by atoms with Crippen molar-refractivity contribution in [1.82, 2.24) is 14.9 Å². The summed E-state index contributed by atoms with van der Waals surface area (Å²) in [5, 5.41) is 8.64. The van der Waals surface area contributed by atoms with E-state index in [-0.39, 0.29) is 17.3 Å². The van der Waals surface area contributed by atoms with Crippen molar-refractivity contribution in [2.75, 3.05) is 13.6 Å². The first kappa shape index (κ1) is 13.1. The number of aromatic nitrogens is 2. The molecule has 1 aromatic heterocycles. The Labute approximate surface area is 99.3 Å². The molecule has 0 spiro atoms. The van der Waals surface area contributed by atoms with E-state index >= 15 is 0 Å². The topological polar surface area (TPSA) is 83.4 Å². The van der Waals surface area contributed by atoms with Crippen LogP contribution in [0.15, 0.2) is 12.4 Å². The van der Waals surface area contributed by atoms with Gasteiger partial charge in [-0.1, -0.05) is 13.3 Å². The molecule has 0 saturated heterocycles. The van der Waals surface area contributed by atoms with Crippen molar-refractivity contribution in [3.63, 3.8) is 0 Å². The Morgan fingerprint density at radius 3 is 2.35 bits per heavy atom. The van der Waals surface area contributed by atoms with Crippen LogP contribution in [0, 0.1) is 0 Å². The van der Waals surface area contributed by atoms with E-state index in [1.54, 1.807) is 11.9 Å². The van der Waals surface area contributed by atoms with Gasteiger partial charge in [-0.2, -0.15) is 0 Å². The number of unbranched alkanes of at least 4 members (excludes halogenated alkanes) is 1. The highest BCUT2D eigenvalue weighted by atomic mass is 16.4. The molecule has 1 N–H and O–H groups in total. The lowest BCUT2D eigenvalue weighted by Gasteiger charge is -2.15. The number of hydrogen-bond acceptors (Lipinski definition) is 4. The first-order valence-corrected chi connectivity index (χ1v) is 5.37. The molecule has 92 valence electrons. The highest BCUT2D eigenvalue weighted by Crippen LogP contribution is 2.01. The van der Waals surface area contributed by atoms with E-state index < -0.39 is 5.97 Å². The van der Waals surface area contributed by atoms with Gasteiger partial charge in [0, 0.05) is 13.6 Å². The Morgan fingerprint density at radius 2 is 1.88 bits per heavy atom. The monoisotopic (exact) mass is 237 g/mol. The lowest BCUT2D eigenvalue weighted by molar-refractivity contribution is 0.0687. The van der Waals surface area contributed by atoms with Crippen LogP contribution in [0.25, 0.3) is 0 Å². The molecular formula is C11H15N3O3. The van der Waals surface area contributed by atoms with Crippen LogP contribution in [0.4, 0.5) is 0 Å². The second-order valence-corrected chi connectivity index (χ2v) is 3.67. The van der Waals surface area contributed by atoms with Crippen LogP contribution in [0.1, 0.15) is 40.7 Å². The number of nitrogens with zero attached hydrogens (tertiary/aromatic N) is 3. The largest absolute Gasteiger partial charge is 0.476 e. The van der Waals surface area contributed by atoms with E-state index in [4.69, 9.17) is 5.11 Å². The molecule has 0 saturated carbocycles. The van der Waals surface area contributed by atoms with Gasteiger partial charge in [0.2, 0.25) is 0 Å². The maximum atomic E-state index is 11.8. The normalized spacial score (nSPS) is 10.0. The molecule has 6 heteroatoms. The zero-order valence-corrected chi connectivity index (χ0v) is 9.88. The number of carboxylic acid groups (broad SMARTS) is 1. The third-order valence-electron chi connectivity index (χ3n) is 2.28. The van der Waals surface area contributed by atoms with Crippen molar-refractivity contribution in [2.24, 2.45) is 0 Å². The van der Waals surface area contributed by atoms with E-state index in [1.807, 2.05) is 6.92 Å². The minimum atomic E-state index is -1.16. The third kappa shape index (κ3) is 3.51. The average Bonchev–Trinajstić information content (AvgIpc) is 2.35. The Morgan fingerprint density at radius 1 is 1.29 bits per heavy atom. The van der Waals surface area contributed by atoms with Crippen LogP contribution in [-0.2, 0) is 0 Å². The molecule has 1 amide bonds. The maximum Gasteiger partial charge on any atom is 0.356 e. The molecule has 0 aliphatic carbocycles. The lowest BCUT2D eigenvalue weighted by atomic mass is 10.3. The van der Waals surface area contributed by atoms with Crippen LogP contribution < -0.4 is 0 Å². The minimum absolute atomic E-state index is 0.161. The second kappa shape index (κ2) is 5.93. The number of aromatic carboxylic acids is 1. The van der Waals surface area contributed by atoms with E-state index in [2.05, 4.69) is 9.97 Å². The molecule has 1 heterocycles. The summed E-state index contributed by atoms with van der Waals surface area (Å²) in [6.45, 7) is 2.69. The fourth-order valence-corrected chi connectivity index (χ4v) is 1.24. The number of rotatable bonds is 5. The lowest BCUT2D eigenvalue weighted by Crippen LogP contribution is -2.28. The number of carbonyl (C=O) groups excluding carboxylic acids is 1. The summed E-state index contributed by atoms with van der Waals surface area (Å²) in [7, 11) is 1.69. The summed E-state index contributed by atoms with van der Waals surface area (Å²) in [4.78, 5) is 31.4. The average molecular weight is 237 g/mol. The zero-order valence-electron chi connectivity index (χ0n) is 9.88. The first-order chi connectivity index (χ1) is 8.06. The SMILES string of the molecule is CCCCN(C)C(=O)c1cnc(C(=O)O)cn1. The van der Waals surface area contributed by atoms with Crippen LogP contribution in [0.2, 0.25) is 0 Å². The molecular weight excluding hydrogens is 222 g/mol. The number of carbonyl (C=O) groups is 2. The molecule has 0 bridgehead atoms. The number of amides is 1. The summed E-state index contributed by atoms with van der Waals surface area (Å²) in [6, 6.07) is 0. The van der Waals surface area contributed by atoms with Gasteiger partial charge in [0.05, 0.1) is 12.4 Å². The Bertz CT molecular complexity index is 403. The fraction of sp³-hybridized carbons (Fsp3) is 0.455. The van der Waals surface area contributed by atoms with Gasteiger partial charge in [-0.25, -0.2) is 14.8 Å². The summed E-state index contributed by atoms with van der Waals surface area (Å²) < 4.78 is 0. The molecule has 0 aliphatic heterocycles. The molecule has 1 aromatic rings.